The first-order valence-corrected chi connectivity index (χ1v) is 9.85. The molecule has 23 heavy (non-hydrogen) atoms. The second kappa shape index (κ2) is 7.62. The molecule has 2 aliphatic rings. The van der Waals surface area contributed by atoms with E-state index in [-0.39, 0.29) is 16.8 Å². The number of thioether (sulfide) groups is 1. The first-order valence-electron chi connectivity index (χ1n) is 8.11. The second-order valence-electron chi connectivity index (χ2n) is 6.29. The number of nitrogens with two attached hydrogens (primary N) is 2. The molecule has 0 bridgehead atoms. The van der Waals surface area contributed by atoms with Crippen molar-refractivity contribution in [1.29, 1.82) is 0 Å². The fraction of sp³-hybridized carbons (Fsp3) is 0.562. The summed E-state index contributed by atoms with van der Waals surface area (Å²) in [6, 6.07) is 5.53. The molecule has 3 rings (SSSR count). The summed E-state index contributed by atoms with van der Waals surface area (Å²) in [7, 11) is 0. The van der Waals surface area contributed by atoms with Crippen LogP contribution in [0.5, 0.6) is 0 Å². The van der Waals surface area contributed by atoms with Gasteiger partial charge in [-0.3, -0.25) is 4.79 Å². The van der Waals surface area contributed by atoms with E-state index in [4.69, 9.17) is 23.2 Å². The lowest BCUT2D eigenvalue weighted by atomic mass is 10.0. The van der Waals surface area contributed by atoms with Crippen LogP contribution in [0.4, 0.5) is 0 Å². The van der Waals surface area contributed by atoms with Crippen molar-refractivity contribution in [1.82, 2.24) is 5.32 Å². The van der Waals surface area contributed by atoms with Crippen LogP contribution < -0.4 is 16.0 Å². The zero-order valence-electron chi connectivity index (χ0n) is 13.0. The molecule has 2 aliphatic heterocycles. The normalized spacial score (nSPS) is 23.1. The summed E-state index contributed by atoms with van der Waals surface area (Å²) in [6.07, 6.45) is 3.09. The van der Waals surface area contributed by atoms with Crippen LogP contribution in [0.3, 0.4) is 0 Å². The van der Waals surface area contributed by atoms with Gasteiger partial charge in [-0.15, -0.1) is 0 Å². The standard InChI is InChI=1S/C16H21Cl2N3OS/c17-12-2-1-11(13(18)9-12)3-6-20-15(22)14-10-23-16(21-14)4-7-19-8-5-16/h1-2,9,14,19,21H,3-8,10H2,(H,20,22)/p+2/t14-/m0/s1. The molecule has 2 heterocycles. The van der Waals surface area contributed by atoms with Crippen LogP contribution in [0.1, 0.15) is 18.4 Å². The first-order chi connectivity index (χ1) is 11.1. The van der Waals surface area contributed by atoms with Gasteiger partial charge in [-0.25, -0.2) is 0 Å². The Labute approximate surface area is 151 Å². The molecule has 1 aromatic carbocycles. The second-order valence-corrected chi connectivity index (χ2v) is 8.57. The Morgan fingerprint density at radius 3 is 2.87 bits per heavy atom. The molecule has 1 atom stereocenters. The highest BCUT2D eigenvalue weighted by molar-refractivity contribution is 8.00. The lowest BCUT2D eigenvalue weighted by Crippen LogP contribution is -3.03. The fourth-order valence-electron chi connectivity index (χ4n) is 3.32. The molecule has 1 amide bonds. The Morgan fingerprint density at radius 2 is 2.13 bits per heavy atom. The fourth-order valence-corrected chi connectivity index (χ4v) is 5.37. The van der Waals surface area contributed by atoms with Gasteiger partial charge in [0.2, 0.25) is 0 Å². The van der Waals surface area contributed by atoms with Gasteiger partial charge in [-0.2, -0.15) is 0 Å². The Morgan fingerprint density at radius 1 is 1.35 bits per heavy atom. The van der Waals surface area contributed by atoms with Crippen molar-refractivity contribution in [2.45, 2.75) is 30.2 Å². The van der Waals surface area contributed by atoms with Gasteiger partial charge in [0.05, 0.1) is 31.7 Å². The van der Waals surface area contributed by atoms with Gasteiger partial charge in [0, 0.05) is 16.6 Å². The van der Waals surface area contributed by atoms with Gasteiger partial charge in [0.25, 0.3) is 5.91 Å². The summed E-state index contributed by atoms with van der Waals surface area (Å²) < 4.78 is 0. The largest absolute Gasteiger partial charge is 0.351 e. The average molecular weight is 376 g/mol. The summed E-state index contributed by atoms with van der Waals surface area (Å²) in [5.74, 6) is 1.06. The zero-order chi connectivity index (χ0) is 16.3. The quantitative estimate of drug-likeness (QED) is 0.712. The third kappa shape index (κ3) is 4.34. The number of benzene rings is 1. The molecule has 0 radical (unpaired) electrons. The van der Waals surface area contributed by atoms with E-state index >= 15 is 0 Å². The van der Waals surface area contributed by atoms with Crippen molar-refractivity contribution < 1.29 is 15.4 Å². The molecule has 0 saturated carbocycles. The van der Waals surface area contributed by atoms with Gasteiger partial charge in [-0.1, -0.05) is 41.0 Å². The summed E-state index contributed by atoms with van der Waals surface area (Å²) in [4.78, 5) is 12.6. The Kier molecular flexibility index (Phi) is 5.75. The van der Waals surface area contributed by atoms with E-state index in [1.165, 1.54) is 25.9 Å². The van der Waals surface area contributed by atoms with Gasteiger partial charge in [0.1, 0.15) is 0 Å². The van der Waals surface area contributed by atoms with Crippen LogP contribution in [0.2, 0.25) is 10.0 Å². The number of carbonyl (C=O) groups is 1. The summed E-state index contributed by atoms with van der Waals surface area (Å²) >= 11 is 14.0. The molecule has 0 aromatic heterocycles. The van der Waals surface area contributed by atoms with Gasteiger partial charge < -0.3 is 16.0 Å². The predicted octanol–water partition coefficient (Wildman–Crippen LogP) is 0.384. The number of halogens is 2. The van der Waals surface area contributed by atoms with E-state index in [0.29, 0.717) is 16.6 Å². The maximum Gasteiger partial charge on any atom is 0.279 e. The molecule has 1 spiro atoms. The third-order valence-electron chi connectivity index (χ3n) is 4.64. The molecule has 5 N–H and O–H groups in total. The number of quaternary nitrogens is 2. The molecule has 1 aromatic rings. The average Bonchev–Trinajstić information content (AvgIpc) is 2.94. The number of amides is 1. The van der Waals surface area contributed by atoms with Crippen molar-refractivity contribution in [2.24, 2.45) is 0 Å². The van der Waals surface area contributed by atoms with Crippen LogP contribution in [0.25, 0.3) is 0 Å². The minimum atomic E-state index is 0.0405. The number of rotatable bonds is 4. The molecule has 4 nitrogen and oxygen atoms in total. The molecule has 2 saturated heterocycles. The topological polar surface area (TPSA) is 62.3 Å². The number of hydrogen-bond donors (Lipinski definition) is 3. The SMILES string of the molecule is O=C(NCCc1ccc(Cl)cc1Cl)[C@@H]1CSC2(CC[NH2+]CC2)[NH2+]1. The Bertz CT molecular complexity index is 578. The highest BCUT2D eigenvalue weighted by Crippen LogP contribution is 2.30. The number of nitrogens with one attached hydrogen (secondary N) is 1. The van der Waals surface area contributed by atoms with Crippen molar-refractivity contribution >= 4 is 40.9 Å². The summed E-state index contributed by atoms with van der Waals surface area (Å²) in [5, 5.41) is 9.01. The molecular formula is C16H23Cl2N3OS+2. The number of carbonyl (C=O) groups excluding carboxylic acids is 1. The smallest absolute Gasteiger partial charge is 0.279 e. The van der Waals surface area contributed by atoms with E-state index in [0.717, 1.165) is 17.7 Å². The van der Waals surface area contributed by atoms with Crippen LogP contribution in [-0.4, -0.2) is 42.2 Å². The highest BCUT2D eigenvalue weighted by Gasteiger charge is 2.48. The van der Waals surface area contributed by atoms with Crippen molar-refractivity contribution in [2.75, 3.05) is 25.4 Å². The van der Waals surface area contributed by atoms with Gasteiger partial charge >= 0.3 is 0 Å². The monoisotopic (exact) mass is 375 g/mol. The first kappa shape index (κ1) is 17.4. The predicted molar refractivity (Wildman–Crippen MR) is 95.0 cm³/mol. The van der Waals surface area contributed by atoms with Crippen LogP contribution >= 0.6 is 35.0 Å². The molecule has 0 aliphatic carbocycles. The molecule has 7 heteroatoms. The molecule has 0 unspecified atom stereocenters. The van der Waals surface area contributed by atoms with Crippen LogP contribution in [-0.2, 0) is 11.2 Å². The van der Waals surface area contributed by atoms with Crippen LogP contribution in [0, 0.1) is 0 Å². The maximum atomic E-state index is 12.4. The van der Waals surface area contributed by atoms with Gasteiger partial charge in [-0.05, 0) is 24.1 Å². The summed E-state index contributed by atoms with van der Waals surface area (Å²) in [6.45, 7) is 2.95. The van der Waals surface area contributed by atoms with Crippen LogP contribution in [0.15, 0.2) is 18.2 Å². The van der Waals surface area contributed by atoms with Crippen molar-refractivity contribution in [3.8, 4) is 0 Å². The van der Waals surface area contributed by atoms with Crippen molar-refractivity contribution in [3.05, 3.63) is 33.8 Å². The molecule has 126 valence electrons. The van der Waals surface area contributed by atoms with E-state index in [1.807, 2.05) is 23.9 Å². The minimum Gasteiger partial charge on any atom is -0.351 e. The lowest BCUT2D eigenvalue weighted by molar-refractivity contribution is -0.747. The number of piperidine rings is 1. The lowest BCUT2D eigenvalue weighted by Gasteiger charge is -2.28. The maximum absolute atomic E-state index is 12.4. The van der Waals surface area contributed by atoms with Gasteiger partial charge in [0.15, 0.2) is 10.9 Å². The number of hydrogen-bond acceptors (Lipinski definition) is 2. The summed E-state index contributed by atoms with van der Waals surface area (Å²) in [5.41, 5.74) is 1.01. The van der Waals surface area contributed by atoms with E-state index in [2.05, 4.69) is 16.0 Å². The van der Waals surface area contributed by atoms with E-state index < -0.39 is 0 Å². The molecule has 2 fully saturated rings. The molecular weight excluding hydrogens is 353 g/mol. The van der Waals surface area contributed by atoms with Crippen molar-refractivity contribution in [3.63, 3.8) is 0 Å². The highest BCUT2D eigenvalue weighted by atomic mass is 35.5. The van der Waals surface area contributed by atoms with E-state index in [9.17, 15) is 4.79 Å². The minimum absolute atomic E-state index is 0.0405. The Balaban J connectivity index is 1.46. The zero-order valence-corrected chi connectivity index (χ0v) is 15.3. The Hall–Kier alpha value is -0.460. The third-order valence-corrected chi connectivity index (χ3v) is 6.88. The van der Waals surface area contributed by atoms with E-state index in [1.54, 1.807) is 6.07 Å².